The molecule has 0 saturated heterocycles. The van der Waals surface area contributed by atoms with Gasteiger partial charge in [0.15, 0.2) is 0 Å². The molecule has 16 heavy (non-hydrogen) atoms. The molecule has 0 fully saturated rings. The molecule has 1 aromatic rings. The fraction of sp³-hybridized carbons (Fsp3) is 0.375. The van der Waals surface area contributed by atoms with Gasteiger partial charge in [0.05, 0.1) is 0 Å². The summed E-state index contributed by atoms with van der Waals surface area (Å²) < 4.78 is 0. The van der Waals surface area contributed by atoms with Gasteiger partial charge in [0, 0.05) is 0 Å². The second kappa shape index (κ2) is 5.16. The van der Waals surface area contributed by atoms with Gasteiger partial charge in [-0.3, -0.25) is 0 Å². The molecule has 0 heterocycles. The number of allylic oxidation sites excluding steroid dienone is 1. The molecule has 0 bridgehead atoms. The maximum atomic E-state index is 2.21. The van der Waals surface area contributed by atoms with Crippen LogP contribution in [0.3, 0.4) is 0 Å². The van der Waals surface area contributed by atoms with E-state index in [2.05, 4.69) is 52.0 Å². The summed E-state index contributed by atoms with van der Waals surface area (Å²) in [7, 11) is 0. The van der Waals surface area contributed by atoms with Crippen molar-refractivity contribution in [1.29, 1.82) is 0 Å². The molecule has 1 aromatic carbocycles. The van der Waals surface area contributed by atoms with Crippen LogP contribution in [0.25, 0.3) is 17.2 Å². The van der Waals surface area contributed by atoms with E-state index in [-0.39, 0.29) is 0 Å². The third-order valence-electron chi connectivity index (χ3n) is 2.85. The monoisotopic (exact) mass is 214 g/mol. The van der Waals surface area contributed by atoms with Gasteiger partial charge in [-0.1, -0.05) is 43.7 Å². The zero-order chi connectivity index (χ0) is 12.3. The highest BCUT2D eigenvalue weighted by molar-refractivity contribution is 5.75. The maximum Gasteiger partial charge on any atom is -0.00801 e. The third-order valence-corrected chi connectivity index (χ3v) is 2.85. The average molecular weight is 214 g/mol. The molecule has 2 rings (SSSR count). The molecule has 0 unspecified atom stereocenters. The summed E-state index contributed by atoms with van der Waals surface area (Å²) in [6.07, 6.45) is 4.41. The maximum absolute atomic E-state index is 2.21. The molecule has 0 radical (unpaired) electrons. The van der Waals surface area contributed by atoms with Crippen molar-refractivity contribution < 1.29 is 0 Å². The predicted octanol–water partition coefficient (Wildman–Crippen LogP) is 3.41. The smallest absolute Gasteiger partial charge is 0.00801 e. The minimum atomic E-state index is 1.37. The van der Waals surface area contributed by atoms with Gasteiger partial charge in [-0.15, -0.1) is 0 Å². The van der Waals surface area contributed by atoms with E-state index in [0.717, 1.165) is 0 Å². The fourth-order valence-corrected chi connectivity index (χ4v) is 2.23. The molecule has 0 N–H and O–H groups in total. The lowest BCUT2D eigenvalue weighted by atomic mass is 10.0. The van der Waals surface area contributed by atoms with E-state index in [1.54, 1.807) is 0 Å². The number of aryl methyl sites for hydroxylation is 1. The highest BCUT2D eigenvalue weighted by Gasteiger charge is 2.05. The van der Waals surface area contributed by atoms with Crippen LogP contribution in [0.4, 0.5) is 0 Å². The minimum absolute atomic E-state index is 1.37. The van der Waals surface area contributed by atoms with Crippen molar-refractivity contribution >= 4 is 17.2 Å². The van der Waals surface area contributed by atoms with Crippen molar-refractivity contribution in [3.63, 3.8) is 0 Å². The van der Waals surface area contributed by atoms with Crippen molar-refractivity contribution in [1.82, 2.24) is 0 Å². The van der Waals surface area contributed by atoms with Crippen LogP contribution in [0.1, 0.15) is 45.7 Å². The topological polar surface area (TPSA) is 0 Å². The first-order chi connectivity index (χ1) is 7.61. The second-order valence-corrected chi connectivity index (χ2v) is 4.24. The molecule has 0 spiro atoms. The Morgan fingerprint density at radius 2 is 1.56 bits per heavy atom. The molecule has 0 atom stereocenters. The summed E-state index contributed by atoms with van der Waals surface area (Å²) in [6, 6.07) is 4.42. The van der Waals surface area contributed by atoms with Crippen molar-refractivity contribution in [3.8, 4) is 0 Å². The first-order valence-electron chi connectivity index (χ1n) is 6.07. The zero-order valence-electron chi connectivity index (χ0n) is 11.3. The SMILES string of the molecule is CC.CC(C)=c1c(C)ccc2c1=C(C)C=C2. The van der Waals surface area contributed by atoms with Crippen molar-refractivity contribution in [2.24, 2.45) is 0 Å². The lowest BCUT2D eigenvalue weighted by Crippen LogP contribution is -2.31. The normalized spacial score (nSPS) is 12.0. The van der Waals surface area contributed by atoms with Gasteiger partial charge in [0.2, 0.25) is 0 Å². The molecule has 86 valence electrons. The fourth-order valence-electron chi connectivity index (χ4n) is 2.23. The van der Waals surface area contributed by atoms with Crippen LogP contribution in [0, 0.1) is 6.92 Å². The Labute approximate surface area is 99.0 Å². The molecule has 1 aliphatic carbocycles. The average Bonchev–Trinajstić information content (AvgIpc) is 2.63. The Bertz CT molecular complexity index is 524. The first-order valence-corrected chi connectivity index (χ1v) is 6.07. The van der Waals surface area contributed by atoms with Crippen molar-refractivity contribution in [2.45, 2.75) is 41.5 Å². The highest BCUT2D eigenvalue weighted by Crippen LogP contribution is 2.08. The van der Waals surface area contributed by atoms with E-state index in [1.807, 2.05) is 13.8 Å². The molecule has 0 amide bonds. The molecular weight excluding hydrogens is 192 g/mol. The summed E-state index contributed by atoms with van der Waals surface area (Å²) in [5.74, 6) is 0. The van der Waals surface area contributed by atoms with Gasteiger partial charge in [-0.2, -0.15) is 0 Å². The number of benzene rings is 1. The Morgan fingerprint density at radius 1 is 0.938 bits per heavy atom. The Kier molecular flexibility index (Phi) is 4.12. The van der Waals surface area contributed by atoms with Gasteiger partial charge in [0.25, 0.3) is 0 Å². The first kappa shape index (κ1) is 12.8. The number of hydrogen-bond donors (Lipinski definition) is 0. The van der Waals surface area contributed by atoms with Crippen molar-refractivity contribution in [3.05, 3.63) is 39.8 Å². The van der Waals surface area contributed by atoms with Crippen LogP contribution in [0.5, 0.6) is 0 Å². The van der Waals surface area contributed by atoms with Crippen molar-refractivity contribution in [2.75, 3.05) is 0 Å². The van der Waals surface area contributed by atoms with Gasteiger partial charge >= 0.3 is 0 Å². The van der Waals surface area contributed by atoms with E-state index in [1.165, 1.54) is 32.7 Å². The quantitative estimate of drug-likeness (QED) is 0.621. The molecule has 0 aliphatic heterocycles. The predicted molar refractivity (Wildman–Crippen MR) is 74.6 cm³/mol. The molecule has 0 aromatic heterocycles. The largest absolute Gasteiger partial charge is 0.0683 e. The van der Waals surface area contributed by atoms with Crippen LogP contribution in [0.2, 0.25) is 0 Å². The lowest BCUT2D eigenvalue weighted by molar-refractivity contribution is 1.31. The Morgan fingerprint density at radius 3 is 2.12 bits per heavy atom. The van der Waals surface area contributed by atoms with Gasteiger partial charge in [-0.25, -0.2) is 0 Å². The third kappa shape index (κ3) is 2.11. The summed E-state index contributed by atoms with van der Waals surface area (Å²) in [4.78, 5) is 0. The van der Waals surface area contributed by atoms with Gasteiger partial charge < -0.3 is 0 Å². The molecule has 0 nitrogen and oxygen atoms in total. The second-order valence-electron chi connectivity index (χ2n) is 4.24. The van der Waals surface area contributed by atoms with Gasteiger partial charge in [0.1, 0.15) is 0 Å². The van der Waals surface area contributed by atoms with E-state index in [9.17, 15) is 0 Å². The van der Waals surface area contributed by atoms with Crippen LogP contribution < -0.4 is 10.4 Å². The molecule has 0 heteroatoms. The van der Waals surface area contributed by atoms with Crippen LogP contribution in [-0.2, 0) is 0 Å². The summed E-state index contributed by atoms with van der Waals surface area (Å²) in [6.45, 7) is 12.8. The highest BCUT2D eigenvalue weighted by atomic mass is 14.1. The number of fused-ring (bicyclic) bond motifs is 1. The Balaban J connectivity index is 0.000000606. The summed E-state index contributed by atoms with van der Waals surface area (Å²) >= 11 is 0. The van der Waals surface area contributed by atoms with E-state index in [0.29, 0.717) is 0 Å². The standard InChI is InChI=1S/C14H16.C2H6/c1-9(2)13-10(3)5-7-12-8-6-11(4)14(12)13;1-2/h5-8H,1-4H3;1-2H3. The van der Waals surface area contributed by atoms with Gasteiger partial charge in [-0.05, 0) is 54.8 Å². The molecule has 1 aliphatic rings. The lowest BCUT2D eigenvalue weighted by Gasteiger charge is -2.02. The van der Waals surface area contributed by atoms with Crippen LogP contribution in [0.15, 0.2) is 18.2 Å². The summed E-state index contributed by atoms with van der Waals surface area (Å²) in [5.41, 5.74) is 5.54. The Hall–Kier alpha value is -1.30. The number of rotatable bonds is 0. The van der Waals surface area contributed by atoms with Crippen LogP contribution >= 0.6 is 0 Å². The van der Waals surface area contributed by atoms with E-state index < -0.39 is 0 Å². The summed E-state index contributed by atoms with van der Waals surface area (Å²) in [5, 5.41) is 2.87. The number of hydrogen-bond acceptors (Lipinski definition) is 0. The van der Waals surface area contributed by atoms with E-state index in [4.69, 9.17) is 0 Å². The molecular formula is C16H22. The van der Waals surface area contributed by atoms with Crippen LogP contribution in [-0.4, -0.2) is 0 Å². The van der Waals surface area contributed by atoms with E-state index >= 15 is 0 Å². The minimum Gasteiger partial charge on any atom is -0.0683 e. The molecule has 0 saturated carbocycles. The zero-order valence-corrected chi connectivity index (χ0v) is 11.3.